The normalized spacial score (nSPS) is 26.2. The molecule has 0 saturated carbocycles. The molecule has 0 bridgehead atoms. The van der Waals surface area contributed by atoms with Crippen molar-refractivity contribution >= 4 is 11.8 Å². The number of methoxy groups -OCH3 is 1. The van der Waals surface area contributed by atoms with Gasteiger partial charge in [0.15, 0.2) is 0 Å². The number of likely N-dealkylation sites (tertiary alicyclic amines) is 1. The van der Waals surface area contributed by atoms with Crippen LogP contribution in [0, 0.1) is 11.8 Å². The summed E-state index contributed by atoms with van der Waals surface area (Å²) in [5, 5.41) is 0. The lowest BCUT2D eigenvalue weighted by atomic mass is 9.83. The Hall–Kier alpha value is -1.92. The number of nitrogens with zero attached hydrogens (tertiary/aromatic N) is 3. The largest absolute Gasteiger partial charge is 0.383 e. The van der Waals surface area contributed by atoms with E-state index in [1.807, 2.05) is 28.0 Å². The number of carbonyl (C=O) groups is 2. The zero-order chi connectivity index (χ0) is 22.3. The Morgan fingerprint density at radius 1 is 1.12 bits per heavy atom. The van der Waals surface area contributed by atoms with E-state index in [1.54, 1.807) is 7.11 Å². The van der Waals surface area contributed by atoms with Crippen molar-refractivity contribution in [1.29, 1.82) is 0 Å². The van der Waals surface area contributed by atoms with E-state index in [9.17, 15) is 9.59 Å². The SMILES string of the molecule is COCCN(C[C@@H]1CCCN2CCCC[C@H]12)C(=O)C1CC(=O)N(CCc2ccccc2)C1. The topological polar surface area (TPSA) is 53.1 Å². The van der Waals surface area contributed by atoms with Gasteiger partial charge in [0.2, 0.25) is 11.8 Å². The number of hydrogen-bond acceptors (Lipinski definition) is 4. The van der Waals surface area contributed by atoms with E-state index in [2.05, 4.69) is 17.0 Å². The molecule has 3 atom stereocenters. The number of amides is 2. The second-order valence-corrected chi connectivity index (χ2v) is 9.75. The van der Waals surface area contributed by atoms with Gasteiger partial charge in [-0.1, -0.05) is 36.8 Å². The first-order valence-electron chi connectivity index (χ1n) is 12.5. The summed E-state index contributed by atoms with van der Waals surface area (Å²) >= 11 is 0. The molecule has 176 valence electrons. The molecule has 4 rings (SSSR count). The van der Waals surface area contributed by atoms with Gasteiger partial charge in [-0.25, -0.2) is 0 Å². The predicted octanol–water partition coefficient (Wildman–Crippen LogP) is 2.82. The van der Waals surface area contributed by atoms with Crippen LogP contribution in [-0.2, 0) is 20.7 Å². The molecule has 0 radical (unpaired) electrons. The van der Waals surface area contributed by atoms with Gasteiger partial charge in [-0.3, -0.25) is 9.59 Å². The van der Waals surface area contributed by atoms with Crippen LogP contribution in [0.5, 0.6) is 0 Å². The minimum absolute atomic E-state index is 0.113. The van der Waals surface area contributed by atoms with Crippen LogP contribution in [0.2, 0.25) is 0 Å². The Morgan fingerprint density at radius 2 is 1.94 bits per heavy atom. The van der Waals surface area contributed by atoms with Crippen LogP contribution >= 0.6 is 0 Å². The Kier molecular flexibility index (Phi) is 8.20. The van der Waals surface area contributed by atoms with Crippen molar-refractivity contribution in [2.75, 3.05) is 53.0 Å². The van der Waals surface area contributed by atoms with Crippen molar-refractivity contribution in [3.05, 3.63) is 35.9 Å². The molecule has 3 fully saturated rings. The highest BCUT2D eigenvalue weighted by Crippen LogP contribution is 2.32. The lowest BCUT2D eigenvalue weighted by molar-refractivity contribution is -0.137. The van der Waals surface area contributed by atoms with Crippen molar-refractivity contribution in [2.24, 2.45) is 11.8 Å². The molecule has 1 aromatic carbocycles. The van der Waals surface area contributed by atoms with Crippen LogP contribution in [0.1, 0.15) is 44.1 Å². The number of piperidine rings is 2. The first-order chi connectivity index (χ1) is 15.7. The molecule has 0 aromatic heterocycles. The zero-order valence-corrected chi connectivity index (χ0v) is 19.6. The van der Waals surface area contributed by atoms with E-state index in [0.717, 1.165) is 13.0 Å². The second-order valence-electron chi connectivity index (χ2n) is 9.75. The smallest absolute Gasteiger partial charge is 0.228 e. The molecular weight excluding hydrogens is 402 g/mol. The lowest BCUT2D eigenvalue weighted by Crippen LogP contribution is -2.52. The number of carbonyl (C=O) groups excluding carboxylic acids is 2. The van der Waals surface area contributed by atoms with Crippen molar-refractivity contribution in [2.45, 2.75) is 51.0 Å². The first kappa shape index (κ1) is 23.2. The van der Waals surface area contributed by atoms with Crippen LogP contribution in [0.25, 0.3) is 0 Å². The van der Waals surface area contributed by atoms with E-state index in [0.29, 0.717) is 44.6 Å². The maximum Gasteiger partial charge on any atom is 0.228 e. The second kappa shape index (κ2) is 11.3. The standard InChI is InChI=1S/C26H39N3O3/c1-32-17-16-29(19-22-10-7-14-27-13-6-5-11-24(22)27)26(31)23-18-25(30)28(20-23)15-12-21-8-3-2-4-9-21/h2-4,8-9,22-24H,5-7,10-20H2,1H3/t22-,23?,24+/m0/s1. The highest BCUT2D eigenvalue weighted by atomic mass is 16.5. The average molecular weight is 442 g/mol. The van der Waals surface area contributed by atoms with Gasteiger partial charge in [0.1, 0.15) is 0 Å². The summed E-state index contributed by atoms with van der Waals surface area (Å²) in [6.45, 7) is 5.62. The maximum atomic E-state index is 13.5. The van der Waals surface area contributed by atoms with Gasteiger partial charge in [0.25, 0.3) is 0 Å². The maximum absolute atomic E-state index is 13.5. The summed E-state index contributed by atoms with van der Waals surface area (Å²) in [6, 6.07) is 10.9. The molecule has 6 nitrogen and oxygen atoms in total. The zero-order valence-electron chi connectivity index (χ0n) is 19.6. The van der Waals surface area contributed by atoms with Gasteiger partial charge in [0, 0.05) is 45.8 Å². The molecule has 3 heterocycles. The van der Waals surface area contributed by atoms with Gasteiger partial charge in [0.05, 0.1) is 12.5 Å². The van der Waals surface area contributed by atoms with Gasteiger partial charge < -0.3 is 19.4 Å². The average Bonchev–Trinajstić information content (AvgIpc) is 3.21. The van der Waals surface area contributed by atoms with E-state index in [1.165, 1.54) is 50.8 Å². The summed E-state index contributed by atoms with van der Waals surface area (Å²) in [4.78, 5) is 32.7. The minimum atomic E-state index is -0.221. The van der Waals surface area contributed by atoms with E-state index in [-0.39, 0.29) is 17.7 Å². The molecule has 0 aliphatic carbocycles. The highest BCUT2D eigenvalue weighted by Gasteiger charge is 2.39. The van der Waals surface area contributed by atoms with Crippen molar-refractivity contribution in [3.63, 3.8) is 0 Å². The molecule has 0 spiro atoms. The lowest BCUT2D eigenvalue weighted by Gasteiger charge is -2.46. The molecule has 1 aromatic rings. The molecular formula is C26H39N3O3. The van der Waals surface area contributed by atoms with Crippen LogP contribution in [-0.4, -0.2) is 85.5 Å². The van der Waals surface area contributed by atoms with Gasteiger partial charge in [-0.05, 0) is 56.7 Å². The molecule has 2 amide bonds. The Bertz CT molecular complexity index is 754. The third-order valence-corrected chi connectivity index (χ3v) is 7.64. The van der Waals surface area contributed by atoms with Gasteiger partial charge >= 0.3 is 0 Å². The van der Waals surface area contributed by atoms with E-state index in [4.69, 9.17) is 4.74 Å². The third-order valence-electron chi connectivity index (χ3n) is 7.64. The van der Waals surface area contributed by atoms with Crippen molar-refractivity contribution < 1.29 is 14.3 Å². The Morgan fingerprint density at radius 3 is 2.75 bits per heavy atom. The molecule has 1 unspecified atom stereocenters. The number of fused-ring (bicyclic) bond motifs is 1. The molecule has 3 aliphatic heterocycles. The van der Waals surface area contributed by atoms with Gasteiger partial charge in [-0.15, -0.1) is 0 Å². The summed E-state index contributed by atoms with van der Waals surface area (Å²) in [5.74, 6) is 0.574. The van der Waals surface area contributed by atoms with E-state index >= 15 is 0 Å². The molecule has 0 N–H and O–H groups in total. The van der Waals surface area contributed by atoms with Crippen molar-refractivity contribution in [1.82, 2.24) is 14.7 Å². The monoisotopic (exact) mass is 441 g/mol. The molecule has 3 saturated heterocycles. The fourth-order valence-corrected chi connectivity index (χ4v) is 5.89. The quantitative estimate of drug-likeness (QED) is 0.591. The van der Waals surface area contributed by atoms with Crippen LogP contribution < -0.4 is 0 Å². The fraction of sp³-hybridized carbons (Fsp3) is 0.692. The Labute approximate surface area is 192 Å². The van der Waals surface area contributed by atoms with Crippen LogP contribution in [0.4, 0.5) is 0 Å². The van der Waals surface area contributed by atoms with Crippen molar-refractivity contribution in [3.8, 4) is 0 Å². The number of hydrogen-bond donors (Lipinski definition) is 0. The van der Waals surface area contributed by atoms with Gasteiger partial charge in [-0.2, -0.15) is 0 Å². The summed E-state index contributed by atoms with van der Waals surface area (Å²) < 4.78 is 5.33. The van der Waals surface area contributed by atoms with E-state index < -0.39 is 0 Å². The molecule has 6 heteroatoms. The van der Waals surface area contributed by atoms with Crippen LogP contribution in [0.3, 0.4) is 0 Å². The summed E-state index contributed by atoms with van der Waals surface area (Å²) in [6.07, 6.45) is 7.47. The number of benzene rings is 1. The molecule has 32 heavy (non-hydrogen) atoms. The summed E-state index contributed by atoms with van der Waals surface area (Å²) in [5.41, 5.74) is 1.23. The van der Waals surface area contributed by atoms with Crippen LogP contribution in [0.15, 0.2) is 30.3 Å². The number of rotatable bonds is 9. The number of ether oxygens (including phenoxy) is 1. The minimum Gasteiger partial charge on any atom is -0.383 e. The molecule has 3 aliphatic rings. The third kappa shape index (κ3) is 5.70. The predicted molar refractivity (Wildman–Crippen MR) is 125 cm³/mol. The Balaban J connectivity index is 1.36. The fourth-order valence-electron chi connectivity index (χ4n) is 5.89. The first-order valence-corrected chi connectivity index (χ1v) is 12.5. The summed E-state index contributed by atoms with van der Waals surface area (Å²) in [7, 11) is 1.69. The highest BCUT2D eigenvalue weighted by molar-refractivity contribution is 5.89.